The highest BCUT2D eigenvalue weighted by molar-refractivity contribution is 9.10. The summed E-state index contributed by atoms with van der Waals surface area (Å²) in [5.74, 6) is 0. The SMILES string of the molecule is [C-]#[N+]CC1OCc2c1cc(NC(=O)OC(C)(C)C)c(Cl)c2Br. The van der Waals surface area contributed by atoms with Gasteiger partial charge >= 0.3 is 6.09 Å². The number of rotatable bonds is 2. The molecule has 1 unspecified atom stereocenters. The average Bonchev–Trinajstić information content (AvgIpc) is 2.77. The smallest absolute Gasteiger partial charge is 0.412 e. The van der Waals surface area contributed by atoms with Crippen molar-refractivity contribution in [1.82, 2.24) is 0 Å². The normalized spacial score (nSPS) is 16.8. The van der Waals surface area contributed by atoms with Crippen LogP contribution in [0.2, 0.25) is 5.02 Å². The first kappa shape index (κ1) is 17.1. The summed E-state index contributed by atoms with van der Waals surface area (Å²) in [5, 5.41) is 3.03. The van der Waals surface area contributed by atoms with Crippen molar-refractivity contribution in [2.75, 3.05) is 11.9 Å². The fraction of sp³-hybridized carbons (Fsp3) is 0.467. The van der Waals surface area contributed by atoms with Crippen LogP contribution in [0, 0.1) is 6.57 Å². The van der Waals surface area contributed by atoms with E-state index in [0.29, 0.717) is 21.8 Å². The first-order valence-corrected chi connectivity index (χ1v) is 7.85. The predicted octanol–water partition coefficient (Wildman–Crippen LogP) is 4.94. The van der Waals surface area contributed by atoms with Crippen LogP contribution in [0.5, 0.6) is 0 Å². The van der Waals surface area contributed by atoms with Crippen LogP contribution < -0.4 is 5.32 Å². The van der Waals surface area contributed by atoms with Crippen LogP contribution in [-0.2, 0) is 16.1 Å². The number of nitrogens with zero attached hydrogens (tertiary/aromatic N) is 1. The van der Waals surface area contributed by atoms with Gasteiger partial charge in [-0.3, -0.25) is 5.32 Å². The van der Waals surface area contributed by atoms with E-state index in [2.05, 4.69) is 26.1 Å². The number of fused-ring (bicyclic) bond motifs is 1. The Labute approximate surface area is 142 Å². The van der Waals surface area contributed by atoms with Crippen LogP contribution in [0.1, 0.15) is 38.0 Å². The third-order valence-corrected chi connectivity index (χ3v) is 4.51. The molecule has 5 nitrogen and oxygen atoms in total. The molecule has 1 N–H and O–H groups in total. The summed E-state index contributed by atoms with van der Waals surface area (Å²) in [5.41, 5.74) is 1.61. The Kier molecular flexibility index (Phi) is 5.00. The molecule has 1 heterocycles. The first-order chi connectivity index (χ1) is 10.2. The molecule has 0 spiro atoms. The van der Waals surface area contributed by atoms with Crippen molar-refractivity contribution in [1.29, 1.82) is 0 Å². The molecular weight excluding hydrogens is 372 g/mol. The molecule has 22 heavy (non-hydrogen) atoms. The summed E-state index contributed by atoms with van der Waals surface area (Å²) in [4.78, 5) is 15.3. The minimum Gasteiger partial charge on any atom is -0.444 e. The molecule has 0 aromatic heterocycles. The van der Waals surface area contributed by atoms with Gasteiger partial charge in [-0.25, -0.2) is 11.4 Å². The van der Waals surface area contributed by atoms with Crippen LogP contribution >= 0.6 is 27.5 Å². The van der Waals surface area contributed by atoms with Crippen LogP contribution in [0.15, 0.2) is 10.5 Å². The molecule has 1 atom stereocenters. The third-order valence-electron chi connectivity index (χ3n) is 3.01. The van der Waals surface area contributed by atoms with Crippen molar-refractivity contribution >= 4 is 39.3 Å². The van der Waals surface area contributed by atoms with Crippen molar-refractivity contribution in [3.8, 4) is 0 Å². The largest absolute Gasteiger partial charge is 0.444 e. The molecule has 0 fully saturated rings. The van der Waals surface area contributed by atoms with E-state index in [1.54, 1.807) is 26.8 Å². The summed E-state index contributed by atoms with van der Waals surface area (Å²) in [6, 6.07) is 1.75. The minimum absolute atomic E-state index is 0.229. The summed E-state index contributed by atoms with van der Waals surface area (Å²) < 4.78 is 11.5. The third kappa shape index (κ3) is 3.72. The van der Waals surface area contributed by atoms with Crippen LogP contribution in [-0.4, -0.2) is 18.2 Å². The molecular formula is C15H16BrClN2O3. The number of anilines is 1. The highest BCUT2D eigenvalue weighted by Crippen LogP contribution is 2.43. The Morgan fingerprint density at radius 2 is 2.32 bits per heavy atom. The van der Waals surface area contributed by atoms with Gasteiger partial charge in [-0.2, -0.15) is 0 Å². The topological polar surface area (TPSA) is 51.9 Å². The molecule has 2 rings (SSSR count). The van der Waals surface area contributed by atoms with E-state index < -0.39 is 11.7 Å². The number of halogens is 2. The number of ether oxygens (including phenoxy) is 2. The quantitative estimate of drug-likeness (QED) is 0.731. The van der Waals surface area contributed by atoms with Gasteiger partial charge in [0.15, 0.2) is 6.10 Å². The van der Waals surface area contributed by atoms with E-state index in [1.165, 1.54) is 0 Å². The molecule has 1 aliphatic rings. The van der Waals surface area contributed by atoms with E-state index in [4.69, 9.17) is 27.6 Å². The highest BCUT2D eigenvalue weighted by Gasteiger charge is 2.30. The predicted molar refractivity (Wildman–Crippen MR) is 88.0 cm³/mol. The Bertz CT molecular complexity index is 650. The Balaban J connectivity index is 2.30. The average molecular weight is 388 g/mol. The van der Waals surface area contributed by atoms with E-state index in [1.807, 2.05) is 0 Å². The molecule has 0 saturated heterocycles. The maximum absolute atomic E-state index is 11.9. The summed E-state index contributed by atoms with van der Waals surface area (Å²) in [7, 11) is 0. The number of amides is 1. The van der Waals surface area contributed by atoms with Crippen LogP contribution in [0.4, 0.5) is 10.5 Å². The fourth-order valence-electron chi connectivity index (χ4n) is 2.13. The second-order valence-corrected chi connectivity index (χ2v) is 7.06. The number of benzene rings is 1. The van der Waals surface area contributed by atoms with Gasteiger partial charge in [-0.05, 0) is 53.9 Å². The second kappa shape index (κ2) is 6.45. The van der Waals surface area contributed by atoms with Crippen LogP contribution in [0.25, 0.3) is 4.85 Å². The molecule has 0 radical (unpaired) electrons. The number of carbonyl (C=O) groups is 1. The van der Waals surface area contributed by atoms with Crippen molar-refractivity contribution in [3.05, 3.63) is 38.1 Å². The van der Waals surface area contributed by atoms with Gasteiger partial charge in [-0.1, -0.05) is 11.6 Å². The molecule has 118 valence electrons. The molecule has 0 aliphatic carbocycles. The maximum Gasteiger partial charge on any atom is 0.412 e. The van der Waals surface area contributed by atoms with Crippen molar-refractivity contribution in [2.24, 2.45) is 0 Å². The van der Waals surface area contributed by atoms with Gasteiger partial charge in [0.1, 0.15) is 5.60 Å². The molecule has 1 aliphatic heterocycles. The zero-order valence-corrected chi connectivity index (χ0v) is 14.8. The molecule has 0 bridgehead atoms. The zero-order chi connectivity index (χ0) is 16.5. The van der Waals surface area contributed by atoms with Gasteiger partial charge in [0.2, 0.25) is 6.54 Å². The van der Waals surface area contributed by atoms with E-state index in [9.17, 15) is 4.79 Å². The monoisotopic (exact) mass is 386 g/mol. The number of hydrogen-bond donors (Lipinski definition) is 1. The Morgan fingerprint density at radius 1 is 1.64 bits per heavy atom. The van der Waals surface area contributed by atoms with Gasteiger partial charge in [0.25, 0.3) is 0 Å². The molecule has 1 aromatic rings. The van der Waals surface area contributed by atoms with Crippen molar-refractivity contribution < 1.29 is 14.3 Å². The van der Waals surface area contributed by atoms with Crippen molar-refractivity contribution in [2.45, 2.75) is 39.1 Å². The number of carbonyl (C=O) groups excluding carboxylic acids is 1. The second-order valence-electron chi connectivity index (χ2n) is 5.89. The standard InChI is InChI=1S/C15H16BrClN2O3/c1-15(2,3)22-14(20)19-10-5-8-9(12(16)13(10)17)7-21-11(8)6-18-4/h5,11H,6-7H2,1-3H3,(H,19,20). The van der Waals surface area contributed by atoms with Gasteiger partial charge in [0.05, 0.1) is 17.3 Å². The lowest BCUT2D eigenvalue weighted by Gasteiger charge is -2.20. The van der Waals surface area contributed by atoms with Gasteiger partial charge in [-0.15, -0.1) is 0 Å². The lowest BCUT2D eigenvalue weighted by atomic mass is 10.0. The molecule has 1 amide bonds. The molecule has 7 heteroatoms. The van der Waals surface area contributed by atoms with E-state index >= 15 is 0 Å². The molecule has 1 aromatic carbocycles. The number of hydrogen-bond acceptors (Lipinski definition) is 3. The van der Waals surface area contributed by atoms with Gasteiger partial charge < -0.3 is 14.3 Å². The Morgan fingerprint density at radius 3 is 2.91 bits per heavy atom. The van der Waals surface area contributed by atoms with Crippen LogP contribution in [0.3, 0.4) is 0 Å². The number of nitrogens with one attached hydrogen (secondary N) is 1. The highest BCUT2D eigenvalue weighted by atomic mass is 79.9. The first-order valence-electron chi connectivity index (χ1n) is 6.68. The van der Waals surface area contributed by atoms with E-state index in [-0.39, 0.29) is 12.6 Å². The van der Waals surface area contributed by atoms with Crippen molar-refractivity contribution in [3.63, 3.8) is 0 Å². The molecule has 0 saturated carbocycles. The summed E-state index contributed by atoms with van der Waals surface area (Å²) >= 11 is 9.71. The lowest BCUT2D eigenvalue weighted by Crippen LogP contribution is -2.27. The maximum atomic E-state index is 11.9. The lowest BCUT2D eigenvalue weighted by molar-refractivity contribution is 0.0635. The summed E-state index contributed by atoms with van der Waals surface area (Å²) in [6.45, 7) is 13.0. The van der Waals surface area contributed by atoms with Gasteiger partial charge in [0, 0.05) is 4.47 Å². The fourth-order valence-corrected chi connectivity index (χ4v) is 2.90. The summed E-state index contributed by atoms with van der Waals surface area (Å²) in [6.07, 6.45) is -0.887. The minimum atomic E-state index is -0.597. The zero-order valence-electron chi connectivity index (χ0n) is 12.5. The Hall–Kier alpha value is -1.29. The van der Waals surface area contributed by atoms with E-state index in [0.717, 1.165) is 11.1 Å².